The molecule has 8 heteroatoms. The number of aromatic nitrogens is 3. The van der Waals surface area contributed by atoms with E-state index in [-0.39, 0.29) is 17.6 Å². The van der Waals surface area contributed by atoms with Gasteiger partial charge < -0.3 is 9.80 Å². The van der Waals surface area contributed by atoms with Gasteiger partial charge in [-0.05, 0) is 42.7 Å². The van der Waals surface area contributed by atoms with Crippen LogP contribution in [-0.2, 0) is 17.9 Å². The van der Waals surface area contributed by atoms with Gasteiger partial charge in [0.15, 0.2) is 0 Å². The van der Waals surface area contributed by atoms with Gasteiger partial charge in [0.1, 0.15) is 0 Å². The molecular formula is C26H30N6O2. The van der Waals surface area contributed by atoms with Crippen LogP contribution in [0.1, 0.15) is 41.6 Å². The van der Waals surface area contributed by atoms with Crippen molar-refractivity contribution < 1.29 is 9.59 Å². The summed E-state index contributed by atoms with van der Waals surface area (Å²) in [5, 5.41) is 0. The average molecular weight is 459 g/mol. The lowest BCUT2D eigenvalue weighted by molar-refractivity contribution is -0.116. The fourth-order valence-corrected chi connectivity index (χ4v) is 4.29. The van der Waals surface area contributed by atoms with Gasteiger partial charge in [-0.3, -0.25) is 19.5 Å². The van der Waals surface area contributed by atoms with Gasteiger partial charge in [0, 0.05) is 70.5 Å². The number of fused-ring (bicyclic) bond motifs is 1. The number of para-hydroxylation sites is 1. The molecule has 0 saturated carbocycles. The summed E-state index contributed by atoms with van der Waals surface area (Å²) in [5.41, 5.74) is 2.79. The predicted molar refractivity (Wildman–Crippen MR) is 130 cm³/mol. The summed E-state index contributed by atoms with van der Waals surface area (Å²) < 4.78 is 0. The van der Waals surface area contributed by atoms with Gasteiger partial charge >= 0.3 is 0 Å². The van der Waals surface area contributed by atoms with Gasteiger partial charge in [0.05, 0.1) is 5.69 Å². The Morgan fingerprint density at radius 3 is 2.26 bits per heavy atom. The number of hydrogen-bond donors (Lipinski definition) is 0. The molecule has 1 aliphatic rings. The van der Waals surface area contributed by atoms with E-state index in [0.717, 1.165) is 49.4 Å². The predicted octanol–water partition coefficient (Wildman–Crippen LogP) is 3.16. The van der Waals surface area contributed by atoms with Crippen LogP contribution in [0.15, 0.2) is 67.1 Å². The quantitative estimate of drug-likeness (QED) is 0.600. The number of hydrogen-bond acceptors (Lipinski definition) is 6. The van der Waals surface area contributed by atoms with E-state index in [2.05, 4.69) is 19.9 Å². The van der Waals surface area contributed by atoms with Gasteiger partial charge in [-0.15, -0.1) is 0 Å². The van der Waals surface area contributed by atoms with Gasteiger partial charge in [-0.2, -0.15) is 0 Å². The van der Waals surface area contributed by atoms with Crippen LogP contribution in [0, 0.1) is 0 Å². The largest absolute Gasteiger partial charge is 0.331 e. The normalized spacial score (nSPS) is 15.7. The standard InChI is InChI=1S/C26H30N6O2/c1-21(33)32-18-8-16-30(20-23-10-4-5-12-27-23)15-7-17-31(19-22-9-2-3-11-24(22)32)26(34)25-28-13-6-14-29-25/h2-6,9-14H,7-8,15-20H2,1H3. The molecule has 4 rings (SSSR count). The van der Waals surface area contributed by atoms with Crippen molar-refractivity contribution in [3.05, 3.63) is 84.2 Å². The van der Waals surface area contributed by atoms with E-state index in [9.17, 15) is 9.59 Å². The Morgan fingerprint density at radius 1 is 0.824 bits per heavy atom. The molecule has 0 atom stereocenters. The Bertz CT molecular complexity index is 1090. The summed E-state index contributed by atoms with van der Waals surface area (Å²) in [6.45, 7) is 5.53. The molecule has 0 N–H and O–H groups in total. The third kappa shape index (κ3) is 6.02. The molecule has 1 aromatic carbocycles. The number of carbonyl (C=O) groups excluding carboxylic acids is 2. The molecule has 1 aliphatic heterocycles. The van der Waals surface area contributed by atoms with Crippen LogP contribution < -0.4 is 4.90 Å². The molecule has 3 aromatic rings. The number of rotatable bonds is 3. The molecule has 0 fully saturated rings. The molecule has 3 heterocycles. The second-order valence-electron chi connectivity index (χ2n) is 8.40. The zero-order chi connectivity index (χ0) is 23.8. The van der Waals surface area contributed by atoms with Crippen molar-refractivity contribution in [3.63, 3.8) is 0 Å². The van der Waals surface area contributed by atoms with Crippen LogP contribution in [0.3, 0.4) is 0 Å². The Kier molecular flexibility index (Phi) is 7.93. The molecule has 2 amide bonds. The number of nitrogens with zero attached hydrogens (tertiary/aromatic N) is 6. The topological polar surface area (TPSA) is 82.5 Å². The second kappa shape index (κ2) is 11.5. The number of carbonyl (C=O) groups is 2. The molecular weight excluding hydrogens is 428 g/mol. The van der Waals surface area contributed by atoms with E-state index >= 15 is 0 Å². The molecule has 0 bridgehead atoms. The first-order valence-corrected chi connectivity index (χ1v) is 11.7. The lowest BCUT2D eigenvalue weighted by Crippen LogP contribution is -2.38. The zero-order valence-electron chi connectivity index (χ0n) is 19.5. The molecule has 2 aromatic heterocycles. The molecule has 0 aliphatic carbocycles. The van der Waals surface area contributed by atoms with Crippen molar-refractivity contribution in [3.8, 4) is 0 Å². The first-order chi connectivity index (χ1) is 16.6. The molecule has 0 radical (unpaired) electrons. The highest BCUT2D eigenvalue weighted by atomic mass is 16.2. The van der Waals surface area contributed by atoms with Crippen molar-refractivity contribution >= 4 is 17.5 Å². The van der Waals surface area contributed by atoms with Crippen LogP contribution in [0.25, 0.3) is 0 Å². The van der Waals surface area contributed by atoms with E-state index in [0.29, 0.717) is 19.6 Å². The number of pyridine rings is 1. The third-order valence-electron chi connectivity index (χ3n) is 5.94. The molecule has 176 valence electrons. The van der Waals surface area contributed by atoms with Gasteiger partial charge in [0.25, 0.3) is 5.91 Å². The summed E-state index contributed by atoms with van der Waals surface area (Å²) >= 11 is 0. The molecule has 34 heavy (non-hydrogen) atoms. The van der Waals surface area contributed by atoms with Crippen molar-refractivity contribution in [2.24, 2.45) is 0 Å². The number of amides is 2. The number of benzene rings is 1. The number of anilines is 1. The first-order valence-electron chi connectivity index (χ1n) is 11.7. The Labute approximate surface area is 200 Å². The van der Waals surface area contributed by atoms with Crippen LogP contribution in [-0.4, -0.2) is 62.7 Å². The average Bonchev–Trinajstić information content (AvgIpc) is 2.86. The Hall–Kier alpha value is -3.65. The summed E-state index contributed by atoms with van der Waals surface area (Å²) in [6.07, 6.45) is 6.62. The van der Waals surface area contributed by atoms with Crippen molar-refractivity contribution in [1.29, 1.82) is 0 Å². The van der Waals surface area contributed by atoms with Crippen molar-refractivity contribution in [1.82, 2.24) is 24.8 Å². The Morgan fingerprint density at radius 2 is 1.53 bits per heavy atom. The summed E-state index contributed by atoms with van der Waals surface area (Å²) in [6, 6.07) is 15.4. The smallest absolute Gasteiger partial charge is 0.291 e. The fraction of sp³-hybridized carbons (Fsp3) is 0.346. The van der Waals surface area contributed by atoms with Crippen LogP contribution >= 0.6 is 0 Å². The van der Waals surface area contributed by atoms with Crippen LogP contribution in [0.4, 0.5) is 5.69 Å². The lowest BCUT2D eigenvalue weighted by atomic mass is 10.1. The van der Waals surface area contributed by atoms with Gasteiger partial charge in [-0.25, -0.2) is 9.97 Å². The van der Waals surface area contributed by atoms with Gasteiger partial charge in [0.2, 0.25) is 11.7 Å². The van der Waals surface area contributed by atoms with Crippen molar-refractivity contribution in [2.75, 3.05) is 31.1 Å². The second-order valence-corrected chi connectivity index (χ2v) is 8.40. The minimum Gasteiger partial charge on any atom is -0.331 e. The van der Waals surface area contributed by atoms with Crippen molar-refractivity contribution in [2.45, 2.75) is 32.9 Å². The highest BCUT2D eigenvalue weighted by molar-refractivity contribution is 5.93. The zero-order valence-corrected chi connectivity index (χ0v) is 19.5. The SMILES string of the molecule is CC(=O)N1CCCN(Cc2ccccn2)CCCN(C(=O)c2ncccn2)Cc2ccccc21. The van der Waals surface area contributed by atoms with E-state index in [4.69, 9.17) is 0 Å². The first kappa shape index (κ1) is 23.5. The van der Waals surface area contributed by atoms with E-state index in [1.165, 1.54) is 0 Å². The fourth-order valence-electron chi connectivity index (χ4n) is 4.29. The maximum Gasteiger partial charge on any atom is 0.291 e. The lowest BCUT2D eigenvalue weighted by Gasteiger charge is -2.31. The highest BCUT2D eigenvalue weighted by Crippen LogP contribution is 2.24. The highest BCUT2D eigenvalue weighted by Gasteiger charge is 2.23. The minimum absolute atomic E-state index is 0.00921. The summed E-state index contributed by atoms with van der Waals surface area (Å²) in [5.74, 6) is -0.0380. The molecule has 0 spiro atoms. The molecule has 0 saturated heterocycles. The van der Waals surface area contributed by atoms with Crippen LogP contribution in [0.2, 0.25) is 0 Å². The maximum absolute atomic E-state index is 13.3. The third-order valence-corrected chi connectivity index (χ3v) is 5.94. The molecule has 0 unspecified atom stereocenters. The monoisotopic (exact) mass is 458 g/mol. The van der Waals surface area contributed by atoms with E-state index in [1.54, 1.807) is 36.5 Å². The molecule has 8 nitrogen and oxygen atoms in total. The Balaban J connectivity index is 1.62. The van der Waals surface area contributed by atoms with Crippen LogP contribution in [0.5, 0.6) is 0 Å². The van der Waals surface area contributed by atoms with E-state index < -0.39 is 0 Å². The minimum atomic E-state index is -0.210. The maximum atomic E-state index is 13.3. The van der Waals surface area contributed by atoms with E-state index in [1.807, 2.05) is 47.4 Å². The summed E-state index contributed by atoms with van der Waals surface area (Å²) in [4.78, 5) is 44.7. The summed E-state index contributed by atoms with van der Waals surface area (Å²) in [7, 11) is 0. The van der Waals surface area contributed by atoms with Gasteiger partial charge in [-0.1, -0.05) is 24.3 Å².